The van der Waals surface area contributed by atoms with Gasteiger partial charge in [0.2, 0.25) is 0 Å². The van der Waals surface area contributed by atoms with E-state index in [0.29, 0.717) is 0 Å². The fraction of sp³-hybridized carbons (Fsp3) is 1.00. The van der Waals surface area contributed by atoms with Crippen molar-refractivity contribution < 1.29 is 20.3 Å². The van der Waals surface area contributed by atoms with Gasteiger partial charge in [0.1, 0.15) is 0 Å². The van der Waals surface area contributed by atoms with Crippen molar-refractivity contribution in [2.75, 3.05) is 6.54 Å². The molecular formula is C11H24LiN. The molecule has 0 radical (unpaired) electrons. The Bertz CT molecular complexity index is 115. The van der Waals surface area contributed by atoms with Gasteiger partial charge in [-0.2, -0.15) is 0 Å². The molecular weight excluding hydrogens is 153 g/mol. The zero-order chi connectivity index (χ0) is 9.14. The van der Waals surface area contributed by atoms with Crippen LogP contribution in [-0.2, 0) is 0 Å². The Kier molecular flexibility index (Phi) is 6.38. The first kappa shape index (κ1) is 13.6. The number of piperidine rings is 1. The van der Waals surface area contributed by atoms with Gasteiger partial charge in [0, 0.05) is 6.04 Å². The Morgan fingerprint density at radius 1 is 1.08 bits per heavy atom. The van der Waals surface area contributed by atoms with Crippen molar-refractivity contribution in [1.82, 2.24) is 5.32 Å². The molecule has 1 nitrogen and oxygen atoms in total. The van der Waals surface area contributed by atoms with Crippen molar-refractivity contribution in [3.63, 3.8) is 0 Å². The average Bonchev–Trinajstić information content (AvgIpc) is 2.04. The van der Waals surface area contributed by atoms with Crippen LogP contribution in [0.3, 0.4) is 0 Å². The molecule has 0 aromatic rings. The van der Waals surface area contributed by atoms with E-state index in [0.717, 1.165) is 23.8 Å². The fourth-order valence-electron chi connectivity index (χ4n) is 2.04. The summed E-state index contributed by atoms with van der Waals surface area (Å²) in [6, 6.07) is 0.778. The molecule has 0 aliphatic carbocycles. The zero-order valence-electron chi connectivity index (χ0n) is 10.9. The fourth-order valence-corrected chi connectivity index (χ4v) is 2.04. The predicted molar refractivity (Wildman–Crippen MR) is 55.3 cm³/mol. The molecule has 2 atom stereocenters. The van der Waals surface area contributed by atoms with Gasteiger partial charge in [-0.3, -0.25) is 0 Å². The first-order valence-corrected chi connectivity index (χ1v) is 5.34. The summed E-state index contributed by atoms with van der Waals surface area (Å²) in [6.07, 6.45) is 2.80. The molecule has 0 bridgehead atoms. The molecule has 0 amide bonds. The molecule has 1 saturated heterocycles. The maximum absolute atomic E-state index is 3.65. The molecule has 0 spiro atoms. The van der Waals surface area contributed by atoms with Gasteiger partial charge in [-0.05, 0) is 37.1 Å². The van der Waals surface area contributed by atoms with Crippen LogP contribution >= 0.6 is 0 Å². The normalized spacial score (nSPS) is 29.1. The van der Waals surface area contributed by atoms with E-state index in [9.17, 15) is 0 Å². The van der Waals surface area contributed by atoms with Gasteiger partial charge in [0.25, 0.3) is 0 Å². The number of nitrogens with one attached hydrogen (secondary N) is 1. The molecule has 13 heavy (non-hydrogen) atoms. The largest absolute Gasteiger partial charge is 1.00 e. The average molecular weight is 177 g/mol. The molecule has 1 N–H and O–H groups in total. The summed E-state index contributed by atoms with van der Waals surface area (Å²) in [7, 11) is 0. The van der Waals surface area contributed by atoms with E-state index in [2.05, 4.69) is 33.0 Å². The van der Waals surface area contributed by atoms with Crippen molar-refractivity contribution in [2.24, 2.45) is 17.8 Å². The number of rotatable bonds is 2. The Labute approximate surface area is 96.7 Å². The van der Waals surface area contributed by atoms with Gasteiger partial charge in [0.05, 0.1) is 0 Å². The zero-order valence-corrected chi connectivity index (χ0v) is 9.93. The Morgan fingerprint density at radius 2 is 1.69 bits per heavy atom. The van der Waals surface area contributed by atoms with Gasteiger partial charge in [-0.15, -0.1) is 0 Å². The molecule has 2 heteroatoms. The van der Waals surface area contributed by atoms with Gasteiger partial charge in [-0.1, -0.05) is 27.7 Å². The molecule has 0 aromatic carbocycles. The molecule has 1 aliphatic heterocycles. The summed E-state index contributed by atoms with van der Waals surface area (Å²) in [5.74, 6) is 2.57. The van der Waals surface area contributed by atoms with Crippen molar-refractivity contribution in [2.45, 2.75) is 46.6 Å². The van der Waals surface area contributed by atoms with Crippen molar-refractivity contribution in [1.29, 1.82) is 0 Å². The van der Waals surface area contributed by atoms with E-state index in [4.69, 9.17) is 0 Å². The van der Waals surface area contributed by atoms with Crippen LogP contribution in [0.25, 0.3) is 0 Å². The molecule has 1 aliphatic rings. The topological polar surface area (TPSA) is 12.0 Å². The summed E-state index contributed by atoms with van der Waals surface area (Å²) in [5, 5.41) is 3.65. The van der Waals surface area contributed by atoms with Crippen LogP contribution in [0.4, 0.5) is 0 Å². The maximum atomic E-state index is 3.65. The summed E-state index contributed by atoms with van der Waals surface area (Å²) in [4.78, 5) is 0. The minimum absolute atomic E-state index is 0. The minimum Gasteiger partial charge on any atom is -1.00 e. The van der Waals surface area contributed by atoms with Crippen LogP contribution in [0, 0.1) is 17.8 Å². The standard InChI is InChI=1S/C11H23N.Li.H/c1-8(2)10-5-6-11(9(3)4)12-7-10;;/h8-12H,5-7H2,1-4H3;;/q;+1;-1. The van der Waals surface area contributed by atoms with Crippen molar-refractivity contribution >= 4 is 0 Å². The number of hydrogen-bond acceptors (Lipinski definition) is 1. The quantitative estimate of drug-likeness (QED) is 0.575. The van der Waals surface area contributed by atoms with Gasteiger partial charge < -0.3 is 6.74 Å². The third-order valence-corrected chi connectivity index (χ3v) is 3.24. The van der Waals surface area contributed by atoms with Crippen LogP contribution in [0.5, 0.6) is 0 Å². The number of hydrogen-bond donors (Lipinski definition) is 1. The summed E-state index contributed by atoms with van der Waals surface area (Å²) < 4.78 is 0. The summed E-state index contributed by atoms with van der Waals surface area (Å²) >= 11 is 0. The third-order valence-electron chi connectivity index (χ3n) is 3.24. The first-order chi connectivity index (χ1) is 5.61. The van der Waals surface area contributed by atoms with E-state index in [1.54, 1.807) is 0 Å². The monoisotopic (exact) mass is 177 g/mol. The van der Waals surface area contributed by atoms with Gasteiger partial charge >= 0.3 is 18.9 Å². The molecule has 1 heterocycles. The van der Waals surface area contributed by atoms with Crippen molar-refractivity contribution in [3.8, 4) is 0 Å². The molecule has 1 rings (SSSR count). The first-order valence-electron chi connectivity index (χ1n) is 5.34. The predicted octanol–water partition coefficient (Wildman–Crippen LogP) is -0.217. The van der Waals surface area contributed by atoms with Crippen molar-refractivity contribution in [3.05, 3.63) is 0 Å². The molecule has 0 aromatic heterocycles. The Morgan fingerprint density at radius 3 is 2.00 bits per heavy atom. The maximum Gasteiger partial charge on any atom is 1.00 e. The summed E-state index contributed by atoms with van der Waals surface area (Å²) in [5.41, 5.74) is 0. The summed E-state index contributed by atoms with van der Waals surface area (Å²) in [6.45, 7) is 10.5. The Hall–Kier alpha value is 0.557. The van der Waals surface area contributed by atoms with E-state index in [1.807, 2.05) is 0 Å². The minimum atomic E-state index is 0. The third kappa shape index (κ3) is 4.06. The van der Waals surface area contributed by atoms with E-state index in [-0.39, 0.29) is 20.3 Å². The second-order valence-electron chi connectivity index (χ2n) is 4.84. The second kappa shape index (κ2) is 6.12. The van der Waals surface area contributed by atoms with E-state index < -0.39 is 0 Å². The molecule has 1 fully saturated rings. The molecule has 2 unspecified atom stereocenters. The van der Waals surface area contributed by atoms with E-state index >= 15 is 0 Å². The second-order valence-corrected chi connectivity index (χ2v) is 4.84. The smallest absolute Gasteiger partial charge is 1.00 e. The Balaban J connectivity index is 0. The molecule has 0 saturated carbocycles. The van der Waals surface area contributed by atoms with Crippen LogP contribution in [0.15, 0.2) is 0 Å². The van der Waals surface area contributed by atoms with Gasteiger partial charge in [-0.25, -0.2) is 0 Å². The van der Waals surface area contributed by atoms with Crippen LogP contribution < -0.4 is 24.2 Å². The van der Waals surface area contributed by atoms with Crippen LogP contribution in [0.2, 0.25) is 0 Å². The van der Waals surface area contributed by atoms with Gasteiger partial charge in [0.15, 0.2) is 0 Å². The van der Waals surface area contributed by atoms with Crippen LogP contribution in [0.1, 0.15) is 42.0 Å². The van der Waals surface area contributed by atoms with E-state index in [1.165, 1.54) is 19.4 Å². The SMILES string of the molecule is CC(C)C1CCC(C(C)C)NC1.[H-].[Li+]. The molecule has 74 valence electrons. The van der Waals surface area contributed by atoms with Crippen LogP contribution in [-0.4, -0.2) is 12.6 Å².